The summed E-state index contributed by atoms with van der Waals surface area (Å²) in [6, 6.07) is 12.8. The molecule has 3 aromatic rings. The maximum atomic E-state index is 11.7. The number of hydrogen-bond acceptors (Lipinski definition) is 4. The van der Waals surface area contributed by atoms with Crippen LogP contribution in [0.25, 0.3) is 22.6 Å². The van der Waals surface area contributed by atoms with Gasteiger partial charge < -0.3 is 5.73 Å². The molecule has 0 aliphatic rings. The zero-order chi connectivity index (χ0) is 14.7. The Morgan fingerprint density at radius 3 is 2.24 bits per heavy atom. The number of amides is 1. The lowest BCUT2D eigenvalue weighted by Crippen LogP contribution is -2.13. The van der Waals surface area contributed by atoms with Crippen LogP contribution in [-0.4, -0.2) is 20.9 Å². The first-order valence-electron chi connectivity index (χ1n) is 6.39. The van der Waals surface area contributed by atoms with E-state index in [2.05, 4.69) is 15.0 Å². The molecule has 0 fully saturated rings. The summed E-state index contributed by atoms with van der Waals surface area (Å²) in [6.07, 6.45) is 4.81. The maximum absolute atomic E-state index is 11.7. The Labute approximate surface area is 121 Å². The summed E-state index contributed by atoms with van der Waals surface area (Å²) in [6.45, 7) is 0. The van der Waals surface area contributed by atoms with Crippen molar-refractivity contribution in [3.8, 4) is 22.6 Å². The molecule has 5 nitrogen and oxygen atoms in total. The van der Waals surface area contributed by atoms with Gasteiger partial charge in [0.2, 0.25) is 5.91 Å². The number of nitrogens with zero attached hydrogens (tertiary/aromatic N) is 3. The number of pyridine rings is 1. The molecule has 0 unspecified atom stereocenters. The van der Waals surface area contributed by atoms with Crippen molar-refractivity contribution in [2.45, 2.75) is 0 Å². The molecule has 0 radical (unpaired) electrons. The van der Waals surface area contributed by atoms with Gasteiger partial charge in [0, 0.05) is 24.2 Å². The molecule has 0 spiro atoms. The number of hydrogen-bond donors (Lipinski definition) is 1. The van der Waals surface area contributed by atoms with Crippen molar-refractivity contribution in [1.82, 2.24) is 15.0 Å². The molecule has 1 amide bonds. The van der Waals surface area contributed by atoms with Gasteiger partial charge in [0.05, 0.1) is 5.56 Å². The third-order valence-corrected chi connectivity index (χ3v) is 3.06. The van der Waals surface area contributed by atoms with Crippen LogP contribution in [0.4, 0.5) is 0 Å². The third kappa shape index (κ3) is 2.49. The summed E-state index contributed by atoms with van der Waals surface area (Å²) in [5, 5.41) is 0. The first-order chi connectivity index (χ1) is 10.3. The Balaban J connectivity index is 2.31. The maximum Gasteiger partial charge on any atom is 0.249 e. The molecule has 5 heteroatoms. The first-order valence-corrected chi connectivity index (χ1v) is 6.39. The van der Waals surface area contributed by atoms with E-state index in [4.69, 9.17) is 5.73 Å². The summed E-state index contributed by atoms with van der Waals surface area (Å²) < 4.78 is 0. The van der Waals surface area contributed by atoms with Crippen LogP contribution >= 0.6 is 0 Å². The van der Waals surface area contributed by atoms with Gasteiger partial charge in [-0.05, 0) is 17.7 Å². The van der Waals surface area contributed by atoms with Gasteiger partial charge in [0.15, 0.2) is 5.82 Å². The molecular formula is C16H12N4O. The highest BCUT2D eigenvalue weighted by atomic mass is 16.1. The lowest BCUT2D eigenvalue weighted by atomic mass is 9.97. The Hall–Kier alpha value is -3.08. The smallest absolute Gasteiger partial charge is 0.249 e. The Morgan fingerprint density at radius 2 is 1.57 bits per heavy atom. The average Bonchev–Trinajstić information content (AvgIpc) is 2.55. The van der Waals surface area contributed by atoms with Crippen LogP contribution in [0, 0.1) is 0 Å². The molecule has 1 aromatic carbocycles. The Kier molecular flexibility index (Phi) is 3.39. The lowest BCUT2D eigenvalue weighted by Gasteiger charge is -2.11. The van der Waals surface area contributed by atoms with Gasteiger partial charge in [-0.1, -0.05) is 30.3 Å². The van der Waals surface area contributed by atoms with Gasteiger partial charge in [-0.25, -0.2) is 9.97 Å². The average molecular weight is 276 g/mol. The molecule has 102 valence electrons. The van der Waals surface area contributed by atoms with Crippen LogP contribution in [-0.2, 0) is 0 Å². The standard InChI is InChI=1S/C16H12N4O/c17-15(21)12-7-10-18-14(16-19-8-4-9-20-16)13(12)11-5-2-1-3-6-11/h1-10H,(H2,17,21). The molecule has 0 atom stereocenters. The summed E-state index contributed by atoms with van der Waals surface area (Å²) in [5.41, 5.74) is 7.93. The van der Waals surface area contributed by atoms with E-state index in [0.717, 1.165) is 5.56 Å². The number of carbonyl (C=O) groups excluding carboxylic acids is 1. The van der Waals surface area contributed by atoms with Crippen molar-refractivity contribution in [1.29, 1.82) is 0 Å². The number of aromatic nitrogens is 3. The van der Waals surface area contributed by atoms with Crippen LogP contribution in [0.2, 0.25) is 0 Å². The molecule has 3 rings (SSSR count). The molecule has 2 aromatic heterocycles. The number of nitrogens with two attached hydrogens (primary N) is 1. The molecule has 0 aliphatic heterocycles. The Morgan fingerprint density at radius 1 is 0.857 bits per heavy atom. The van der Waals surface area contributed by atoms with Gasteiger partial charge in [0.1, 0.15) is 5.69 Å². The van der Waals surface area contributed by atoms with E-state index in [9.17, 15) is 4.79 Å². The van der Waals surface area contributed by atoms with Crippen molar-refractivity contribution in [3.63, 3.8) is 0 Å². The fourth-order valence-corrected chi connectivity index (χ4v) is 2.16. The second-order valence-corrected chi connectivity index (χ2v) is 4.38. The van der Waals surface area contributed by atoms with Crippen LogP contribution in [0.3, 0.4) is 0 Å². The van der Waals surface area contributed by atoms with Crippen LogP contribution in [0.1, 0.15) is 10.4 Å². The zero-order valence-corrected chi connectivity index (χ0v) is 11.1. The minimum atomic E-state index is -0.506. The summed E-state index contributed by atoms with van der Waals surface area (Å²) >= 11 is 0. The molecule has 21 heavy (non-hydrogen) atoms. The summed E-state index contributed by atoms with van der Waals surface area (Å²) in [7, 11) is 0. The van der Waals surface area contributed by atoms with Crippen LogP contribution in [0.5, 0.6) is 0 Å². The van der Waals surface area contributed by atoms with Crippen molar-refractivity contribution >= 4 is 5.91 Å². The van der Waals surface area contributed by atoms with E-state index < -0.39 is 5.91 Å². The van der Waals surface area contributed by atoms with Gasteiger partial charge in [0.25, 0.3) is 0 Å². The van der Waals surface area contributed by atoms with E-state index in [1.54, 1.807) is 24.5 Å². The predicted octanol–water partition coefficient (Wildman–Crippen LogP) is 2.30. The molecule has 0 bridgehead atoms. The molecule has 0 saturated heterocycles. The van der Waals surface area contributed by atoms with Gasteiger partial charge in [-0.15, -0.1) is 0 Å². The van der Waals surface area contributed by atoms with Crippen LogP contribution in [0.15, 0.2) is 61.1 Å². The minimum Gasteiger partial charge on any atom is -0.366 e. The predicted molar refractivity (Wildman–Crippen MR) is 79.2 cm³/mol. The quantitative estimate of drug-likeness (QED) is 0.795. The van der Waals surface area contributed by atoms with Crippen molar-refractivity contribution < 1.29 is 4.79 Å². The SMILES string of the molecule is NC(=O)c1ccnc(-c2ncccn2)c1-c1ccccc1. The van der Waals surface area contributed by atoms with Gasteiger partial charge >= 0.3 is 0 Å². The molecule has 0 saturated carbocycles. The molecule has 0 aliphatic carbocycles. The first kappa shape index (κ1) is 12.9. The fraction of sp³-hybridized carbons (Fsp3) is 0. The number of carbonyl (C=O) groups is 1. The van der Waals surface area contributed by atoms with Crippen LogP contribution < -0.4 is 5.73 Å². The summed E-state index contributed by atoms with van der Waals surface area (Å²) in [4.78, 5) is 24.5. The van der Waals surface area contributed by atoms with E-state index in [1.807, 2.05) is 30.3 Å². The topological polar surface area (TPSA) is 81.8 Å². The highest BCUT2D eigenvalue weighted by Crippen LogP contribution is 2.31. The van der Waals surface area contributed by atoms with Gasteiger partial charge in [-0.3, -0.25) is 9.78 Å². The normalized spacial score (nSPS) is 10.3. The number of benzene rings is 1. The highest BCUT2D eigenvalue weighted by Gasteiger charge is 2.18. The van der Waals surface area contributed by atoms with E-state index in [-0.39, 0.29) is 0 Å². The van der Waals surface area contributed by atoms with Gasteiger partial charge in [-0.2, -0.15) is 0 Å². The number of rotatable bonds is 3. The largest absolute Gasteiger partial charge is 0.366 e. The second kappa shape index (κ2) is 5.50. The zero-order valence-electron chi connectivity index (χ0n) is 11.1. The lowest BCUT2D eigenvalue weighted by molar-refractivity contribution is 0.100. The highest BCUT2D eigenvalue weighted by molar-refractivity contribution is 6.02. The van der Waals surface area contributed by atoms with Crippen molar-refractivity contribution in [2.24, 2.45) is 5.73 Å². The Bertz CT molecular complexity index is 773. The molecule has 2 heterocycles. The minimum absolute atomic E-state index is 0.402. The number of primary amides is 1. The van der Waals surface area contributed by atoms with E-state index >= 15 is 0 Å². The van der Waals surface area contributed by atoms with Crippen molar-refractivity contribution in [2.75, 3.05) is 0 Å². The molecule has 2 N–H and O–H groups in total. The summed E-state index contributed by atoms with van der Waals surface area (Å²) in [5.74, 6) is -0.0483. The monoisotopic (exact) mass is 276 g/mol. The van der Waals surface area contributed by atoms with Crippen molar-refractivity contribution in [3.05, 3.63) is 66.6 Å². The van der Waals surface area contributed by atoms with E-state index in [1.165, 1.54) is 6.20 Å². The second-order valence-electron chi connectivity index (χ2n) is 4.38. The third-order valence-electron chi connectivity index (χ3n) is 3.06. The molecular weight excluding hydrogens is 264 g/mol. The van der Waals surface area contributed by atoms with E-state index in [0.29, 0.717) is 22.6 Å². The fourth-order valence-electron chi connectivity index (χ4n) is 2.16.